The second-order valence-corrected chi connectivity index (χ2v) is 4.88. The molecule has 0 fully saturated rings. The van der Waals surface area contributed by atoms with Gasteiger partial charge in [-0.25, -0.2) is 9.97 Å². The lowest BCUT2D eigenvalue weighted by Gasteiger charge is -2.06. The molecule has 0 saturated heterocycles. The Bertz CT molecular complexity index is 282. The smallest absolute Gasteiger partial charge is 0.187 e. The quantitative estimate of drug-likeness (QED) is 0.487. The van der Waals surface area contributed by atoms with Gasteiger partial charge < -0.3 is 0 Å². The van der Waals surface area contributed by atoms with Gasteiger partial charge in [0, 0.05) is 17.1 Å². The zero-order valence-corrected chi connectivity index (χ0v) is 10.5. The SMILES string of the molecule is Cc1cc(C)nc(SCC(C)CS)n1. The van der Waals surface area contributed by atoms with E-state index in [1.54, 1.807) is 11.8 Å². The number of hydrogen-bond donors (Lipinski definition) is 1. The minimum atomic E-state index is 0.604. The van der Waals surface area contributed by atoms with E-state index in [4.69, 9.17) is 0 Å². The molecule has 0 aliphatic carbocycles. The summed E-state index contributed by atoms with van der Waals surface area (Å²) in [6.45, 7) is 6.18. The maximum Gasteiger partial charge on any atom is 0.187 e. The van der Waals surface area contributed by atoms with Gasteiger partial charge in [-0.2, -0.15) is 12.6 Å². The molecule has 0 radical (unpaired) electrons. The summed E-state index contributed by atoms with van der Waals surface area (Å²) in [5.74, 6) is 2.55. The van der Waals surface area contributed by atoms with Gasteiger partial charge in [0.05, 0.1) is 0 Å². The first-order valence-electron chi connectivity index (χ1n) is 4.67. The summed E-state index contributed by atoms with van der Waals surface area (Å²) in [7, 11) is 0. The molecule has 4 heteroatoms. The zero-order valence-electron chi connectivity index (χ0n) is 8.82. The highest BCUT2D eigenvalue weighted by Gasteiger charge is 2.04. The van der Waals surface area contributed by atoms with Gasteiger partial charge in [-0.05, 0) is 31.6 Å². The fourth-order valence-electron chi connectivity index (χ4n) is 1.03. The van der Waals surface area contributed by atoms with E-state index in [1.807, 2.05) is 19.9 Å². The van der Waals surface area contributed by atoms with Crippen molar-refractivity contribution in [3.05, 3.63) is 17.5 Å². The summed E-state index contributed by atoms with van der Waals surface area (Å²) in [5.41, 5.74) is 2.08. The molecular weight excluding hydrogens is 212 g/mol. The predicted molar refractivity (Wildman–Crippen MR) is 65.2 cm³/mol. The van der Waals surface area contributed by atoms with E-state index in [9.17, 15) is 0 Å². The summed E-state index contributed by atoms with van der Waals surface area (Å²) >= 11 is 5.96. The Labute approximate surface area is 95.3 Å². The van der Waals surface area contributed by atoms with Crippen molar-refractivity contribution in [2.75, 3.05) is 11.5 Å². The number of aromatic nitrogens is 2. The van der Waals surface area contributed by atoms with Gasteiger partial charge in [0.25, 0.3) is 0 Å². The van der Waals surface area contributed by atoms with E-state index in [0.29, 0.717) is 5.92 Å². The van der Waals surface area contributed by atoms with Gasteiger partial charge in [-0.15, -0.1) is 0 Å². The molecule has 2 nitrogen and oxygen atoms in total. The molecule has 14 heavy (non-hydrogen) atoms. The molecule has 0 saturated carbocycles. The Morgan fingerprint density at radius 3 is 2.43 bits per heavy atom. The third-order valence-electron chi connectivity index (χ3n) is 1.77. The van der Waals surface area contributed by atoms with E-state index in [1.165, 1.54) is 0 Å². The van der Waals surface area contributed by atoms with Crippen LogP contribution in [0.4, 0.5) is 0 Å². The van der Waals surface area contributed by atoms with Gasteiger partial charge in [-0.3, -0.25) is 0 Å². The molecule has 0 aliphatic heterocycles. The molecule has 0 bridgehead atoms. The van der Waals surface area contributed by atoms with E-state index in [-0.39, 0.29) is 0 Å². The Morgan fingerprint density at radius 1 is 1.36 bits per heavy atom. The van der Waals surface area contributed by atoms with Crippen LogP contribution >= 0.6 is 24.4 Å². The first kappa shape index (κ1) is 11.9. The van der Waals surface area contributed by atoms with Crippen LogP contribution in [0.15, 0.2) is 11.2 Å². The Morgan fingerprint density at radius 2 is 1.93 bits per heavy atom. The summed E-state index contributed by atoms with van der Waals surface area (Å²) in [6, 6.07) is 1.99. The number of rotatable bonds is 4. The molecule has 0 amide bonds. The van der Waals surface area contributed by atoms with Crippen LogP contribution in [0.1, 0.15) is 18.3 Å². The molecule has 0 N–H and O–H groups in total. The van der Waals surface area contributed by atoms with Crippen LogP contribution < -0.4 is 0 Å². The van der Waals surface area contributed by atoms with Crippen LogP contribution in [0, 0.1) is 19.8 Å². The fourth-order valence-corrected chi connectivity index (χ4v) is 2.30. The lowest BCUT2D eigenvalue weighted by molar-refractivity contribution is 0.762. The van der Waals surface area contributed by atoms with E-state index in [2.05, 4.69) is 29.5 Å². The number of thioether (sulfide) groups is 1. The van der Waals surface area contributed by atoms with E-state index >= 15 is 0 Å². The first-order chi connectivity index (χ1) is 6.61. The molecule has 0 aliphatic rings. The standard InChI is InChI=1S/C10H16N2S2/c1-7(5-13)6-14-10-11-8(2)4-9(3)12-10/h4,7,13H,5-6H2,1-3H3. The second kappa shape index (κ2) is 5.61. The lowest BCUT2D eigenvalue weighted by Crippen LogP contribution is -2.01. The van der Waals surface area contributed by atoms with Gasteiger partial charge in [0.1, 0.15) is 0 Å². The summed E-state index contributed by atoms with van der Waals surface area (Å²) in [6.07, 6.45) is 0. The molecule has 0 aromatic carbocycles. The minimum absolute atomic E-state index is 0.604. The van der Waals surface area contributed by atoms with Crippen LogP contribution in [-0.4, -0.2) is 21.5 Å². The van der Waals surface area contributed by atoms with Crippen molar-refractivity contribution >= 4 is 24.4 Å². The third-order valence-corrected chi connectivity index (χ3v) is 3.57. The molecule has 78 valence electrons. The van der Waals surface area contributed by atoms with Crippen LogP contribution in [-0.2, 0) is 0 Å². The van der Waals surface area contributed by atoms with Crippen LogP contribution in [0.25, 0.3) is 0 Å². The van der Waals surface area contributed by atoms with Gasteiger partial charge in [-0.1, -0.05) is 18.7 Å². The van der Waals surface area contributed by atoms with Crippen molar-refractivity contribution in [3.8, 4) is 0 Å². The molecule has 1 unspecified atom stereocenters. The first-order valence-corrected chi connectivity index (χ1v) is 6.29. The van der Waals surface area contributed by atoms with Crippen molar-refractivity contribution < 1.29 is 0 Å². The highest BCUT2D eigenvalue weighted by atomic mass is 32.2. The van der Waals surface area contributed by atoms with E-state index < -0.39 is 0 Å². The van der Waals surface area contributed by atoms with Crippen LogP contribution in [0.3, 0.4) is 0 Å². The number of nitrogens with zero attached hydrogens (tertiary/aromatic N) is 2. The highest BCUT2D eigenvalue weighted by Crippen LogP contribution is 2.17. The molecule has 1 aromatic heterocycles. The topological polar surface area (TPSA) is 25.8 Å². The number of hydrogen-bond acceptors (Lipinski definition) is 4. The largest absolute Gasteiger partial charge is 0.228 e. The van der Waals surface area contributed by atoms with Gasteiger partial charge in [0.15, 0.2) is 5.16 Å². The molecular formula is C10H16N2S2. The van der Waals surface area contributed by atoms with Crippen molar-refractivity contribution in [2.24, 2.45) is 5.92 Å². The van der Waals surface area contributed by atoms with Crippen molar-refractivity contribution in [1.82, 2.24) is 9.97 Å². The Balaban J connectivity index is 2.58. The monoisotopic (exact) mass is 228 g/mol. The third kappa shape index (κ3) is 3.88. The zero-order chi connectivity index (χ0) is 10.6. The average Bonchev–Trinajstić information content (AvgIpc) is 2.12. The molecule has 1 aromatic rings. The highest BCUT2D eigenvalue weighted by molar-refractivity contribution is 7.99. The van der Waals surface area contributed by atoms with E-state index in [0.717, 1.165) is 28.0 Å². The van der Waals surface area contributed by atoms with Crippen LogP contribution in [0.5, 0.6) is 0 Å². The Kier molecular flexibility index (Phi) is 4.75. The molecule has 1 atom stereocenters. The number of aryl methyl sites for hydroxylation is 2. The van der Waals surface area contributed by atoms with Crippen molar-refractivity contribution in [1.29, 1.82) is 0 Å². The lowest BCUT2D eigenvalue weighted by atomic mass is 10.3. The summed E-state index contributed by atoms with van der Waals surface area (Å²) in [5, 5.41) is 0.885. The van der Waals surface area contributed by atoms with Gasteiger partial charge >= 0.3 is 0 Å². The number of thiol groups is 1. The minimum Gasteiger partial charge on any atom is -0.228 e. The fraction of sp³-hybridized carbons (Fsp3) is 0.600. The maximum atomic E-state index is 4.37. The maximum absolute atomic E-state index is 4.37. The summed E-state index contributed by atoms with van der Waals surface area (Å²) < 4.78 is 0. The van der Waals surface area contributed by atoms with Crippen molar-refractivity contribution in [2.45, 2.75) is 25.9 Å². The molecule has 1 rings (SSSR count). The Hall–Kier alpha value is -0.220. The molecule has 1 heterocycles. The van der Waals surface area contributed by atoms with Crippen LogP contribution in [0.2, 0.25) is 0 Å². The van der Waals surface area contributed by atoms with Crippen molar-refractivity contribution in [3.63, 3.8) is 0 Å². The second-order valence-electron chi connectivity index (χ2n) is 3.53. The molecule has 0 spiro atoms. The predicted octanol–water partition coefficient (Wildman–Crippen LogP) is 2.75. The average molecular weight is 228 g/mol. The summed E-state index contributed by atoms with van der Waals surface area (Å²) in [4.78, 5) is 8.73. The van der Waals surface area contributed by atoms with Gasteiger partial charge in [0.2, 0.25) is 0 Å². The normalized spacial score (nSPS) is 12.9.